The van der Waals surface area contributed by atoms with E-state index in [2.05, 4.69) is 29.3 Å². The third kappa shape index (κ3) is 2.80. The number of fused-ring (bicyclic) bond motifs is 3. The summed E-state index contributed by atoms with van der Waals surface area (Å²) in [6, 6.07) is 11.0. The zero-order chi connectivity index (χ0) is 20.8. The van der Waals surface area contributed by atoms with Gasteiger partial charge in [-0.1, -0.05) is 12.1 Å². The highest BCUT2D eigenvalue weighted by Gasteiger charge is 2.59. The van der Waals surface area contributed by atoms with Gasteiger partial charge in [0.1, 0.15) is 11.6 Å². The van der Waals surface area contributed by atoms with Gasteiger partial charge in [-0.2, -0.15) is 5.26 Å². The minimum atomic E-state index is -0.361. The SMILES string of the molecule is COC1CCC2(CC1)Cc1ccc(-c3cncc(C#N)c3)cc1C21CCOC(N)=N1. The number of aromatic nitrogens is 1. The van der Waals surface area contributed by atoms with Crippen molar-refractivity contribution >= 4 is 6.02 Å². The number of rotatable bonds is 2. The predicted octanol–water partition coefficient (Wildman–Crippen LogP) is 3.68. The summed E-state index contributed by atoms with van der Waals surface area (Å²) in [4.78, 5) is 9.25. The smallest absolute Gasteiger partial charge is 0.282 e. The lowest BCUT2D eigenvalue weighted by molar-refractivity contribution is -0.0148. The summed E-state index contributed by atoms with van der Waals surface area (Å²) in [5.41, 5.74) is 11.0. The van der Waals surface area contributed by atoms with Crippen molar-refractivity contribution in [2.75, 3.05) is 13.7 Å². The summed E-state index contributed by atoms with van der Waals surface area (Å²) < 4.78 is 11.2. The van der Waals surface area contributed by atoms with E-state index in [9.17, 15) is 5.26 Å². The van der Waals surface area contributed by atoms with Crippen LogP contribution >= 0.6 is 0 Å². The van der Waals surface area contributed by atoms with E-state index in [1.807, 2.05) is 19.4 Å². The van der Waals surface area contributed by atoms with Crippen molar-refractivity contribution in [2.45, 2.75) is 50.2 Å². The van der Waals surface area contributed by atoms with Crippen LogP contribution in [0.1, 0.15) is 48.8 Å². The molecular weight excluding hydrogens is 376 g/mol. The molecule has 1 atom stereocenters. The Hall–Kier alpha value is -2.91. The van der Waals surface area contributed by atoms with Crippen molar-refractivity contribution in [3.05, 3.63) is 53.3 Å². The van der Waals surface area contributed by atoms with E-state index in [1.54, 1.807) is 6.20 Å². The first-order valence-electron chi connectivity index (χ1n) is 10.6. The predicted molar refractivity (Wildman–Crippen MR) is 114 cm³/mol. The van der Waals surface area contributed by atoms with Crippen LogP contribution in [-0.4, -0.2) is 30.8 Å². The first kappa shape index (κ1) is 19.1. The maximum absolute atomic E-state index is 9.25. The van der Waals surface area contributed by atoms with E-state index in [1.165, 1.54) is 11.1 Å². The largest absolute Gasteiger partial charge is 0.465 e. The van der Waals surface area contributed by atoms with E-state index in [4.69, 9.17) is 20.2 Å². The highest BCUT2D eigenvalue weighted by molar-refractivity contribution is 5.74. The number of nitrogens with two attached hydrogens (primary N) is 1. The van der Waals surface area contributed by atoms with Gasteiger partial charge in [0.2, 0.25) is 0 Å². The molecule has 2 aliphatic carbocycles. The second kappa shape index (κ2) is 7.10. The number of benzene rings is 1. The van der Waals surface area contributed by atoms with Gasteiger partial charge in [0, 0.05) is 36.9 Å². The molecule has 1 unspecified atom stereocenters. The minimum absolute atomic E-state index is 0.0458. The van der Waals surface area contributed by atoms with E-state index in [0.717, 1.165) is 49.7 Å². The van der Waals surface area contributed by atoms with Crippen molar-refractivity contribution in [3.63, 3.8) is 0 Å². The Bertz CT molecular complexity index is 1050. The van der Waals surface area contributed by atoms with Gasteiger partial charge in [0.05, 0.1) is 18.3 Å². The van der Waals surface area contributed by atoms with E-state index >= 15 is 0 Å². The minimum Gasteiger partial charge on any atom is -0.465 e. The van der Waals surface area contributed by atoms with Crippen LogP contribution in [0.15, 0.2) is 41.7 Å². The Morgan fingerprint density at radius 2 is 2.00 bits per heavy atom. The van der Waals surface area contributed by atoms with Gasteiger partial charge in [-0.15, -0.1) is 0 Å². The molecule has 1 aromatic carbocycles. The molecule has 5 rings (SSSR count). The molecule has 154 valence electrons. The van der Waals surface area contributed by atoms with Gasteiger partial charge >= 0.3 is 0 Å². The molecule has 3 aliphatic rings. The third-order valence-electron chi connectivity index (χ3n) is 7.40. The van der Waals surface area contributed by atoms with Crippen molar-refractivity contribution < 1.29 is 9.47 Å². The lowest BCUT2D eigenvalue weighted by Crippen LogP contribution is -2.49. The molecule has 2 aromatic rings. The number of aliphatic imine (C=N–C) groups is 1. The number of nitrogens with zero attached hydrogens (tertiary/aromatic N) is 3. The van der Waals surface area contributed by atoms with Crippen LogP contribution in [0.4, 0.5) is 0 Å². The number of ether oxygens (including phenoxy) is 2. The second-order valence-corrected chi connectivity index (χ2v) is 8.75. The Labute approximate surface area is 176 Å². The molecule has 0 radical (unpaired) electrons. The number of amidine groups is 1. The standard InChI is InChI=1S/C24H26N4O2/c1-29-20-4-6-23(7-5-20)12-18-3-2-17(19-10-16(13-25)14-27-15-19)11-21(18)24(23)8-9-30-22(26)28-24/h2-3,10-11,14-15,20H,4-9,12H2,1H3,(H2,26,28). The number of nitriles is 1. The summed E-state index contributed by atoms with van der Waals surface area (Å²) in [5, 5.41) is 9.25. The van der Waals surface area contributed by atoms with E-state index < -0.39 is 0 Å². The third-order valence-corrected chi connectivity index (χ3v) is 7.40. The molecule has 0 amide bonds. The molecule has 1 aliphatic heterocycles. The van der Waals surface area contributed by atoms with E-state index in [-0.39, 0.29) is 11.0 Å². The average molecular weight is 402 g/mol. The Balaban J connectivity index is 1.63. The van der Waals surface area contributed by atoms with Gasteiger partial charge in [0.15, 0.2) is 0 Å². The Morgan fingerprint density at radius 3 is 2.73 bits per heavy atom. The molecule has 1 saturated carbocycles. The van der Waals surface area contributed by atoms with Crippen molar-refractivity contribution in [2.24, 2.45) is 16.1 Å². The topological polar surface area (TPSA) is 93.5 Å². The summed E-state index contributed by atoms with van der Waals surface area (Å²) in [6.45, 7) is 0.583. The lowest BCUT2D eigenvalue weighted by Gasteiger charge is -2.49. The molecule has 2 N–H and O–H groups in total. The van der Waals surface area contributed by atoms with Crippen LogP contribution in [0, 0.1) is 16.7 Å². The van der Waals surface area contributed by atoms with Gasteiger partial charge < -0.3 is 15.2 Å². The number of pyridine rings is 1. The molecular formula is C24H26N4O2. The number of hydrogen-bond acceptors (Lipinski definition) is 6. The van der Waals surface area contributed by atoms with Crippen LogP contribution in [0.2, 0.25) is 0 Å². The van der Waals surface area contributed by atoms with Gasteiger partial charge in [0.25, 0.3) is 6.02 Å². The summed E-state index contributed by atoms with van der Waals surface area (Å²) in [6.07, 6.45) is 9.79. The van der Waals surface area contributed by atoms with Crippen LogP contribution in [0.25, 0.3) is 11.1 Å². The first-order valence-corrected chi connectivity index (χ1v) is 10.6. The number of methoxy groups -OCH3 is 1. The molecule has 2 heterocycles. The van der Waals surface area contributed by atoms with Crippen LogP contribution < -0.4 is 5.73 Å². The molecule has 0 bridgehead atoms. The van der Waals surface area contributed by atoms with Gasteiger partial charge in [-0.25, -0.2) is 4.99 Å². The molecule has 1 fully saturated rings. The highest BCUT2D eigenvalue weighted by Crippen LogP contribution is 2.62. The lowest BCUT2D eigenvalue weighted by atomic mass is 9.60. The molecule has 30 heavy (non-hydrogen) atoms. The van der Waals surface area contributed by atoms with Crippen LogP contribution in [0.5, 0.6) is 0 Å². The van der Waals surface area contributed by atoms with Crippen LogP contribution in [0.3, 0.4) is 0 Å². The van der Waals surface area contributed by atoms with Crippen molar-refractivity contribution in [1.82, 2.24) is 4.98 Å². The first-order chi connectivity index (χ1) is 14.6. The maximum atomic E-state index is 9.25. The monoisotopic (exact) mass is 402 g/mol. The molecule has 6 heteroatoms. The molecule has 0 saturated heterocycles. The normalized spacial score (nSPS) is 29.9. The molecule has 1 aromatic heterocycles. The van der Waals surface area contributed by atoms with Gasteiger partial charge in [-0.05, 0) is 60.9 Å². The van der Waals surface area contributed by atoms with Crippen molar-refractivity contribution in [3.8, 4) is 17.2 Å². The second-order valence-electron chi connectivity index (χ2n) is 8.75. The highest BCUT2D eigenvalue weighted by atomic mass is 16.5. The quantitative estimate of drug-likeness (QED) is 0.827. The fraction of sp³-hybridized carbons (Fsp3) is 0.458. The summed E-state index contributed by atoms with van der Waals surface area (Å²) in [7, 11) is 1.81. The summed E-state index contributed by atoms with van der Waals surface area (Å²) in [5.74, 6) is 0. The Morgan fingerprint density at radius 1 is 1.17 bits per heavy atom. The Kier molecular flexibility index (Phi) is 4.52. The summed E-state index contributed by atoms with van der Waals surface area (Å²) >= 11 is 0. The molecule has 2 spiro atoms. The average Bonchev–Trinajstić information content (AvgIpc) is 3.02. The zero-order valence-corrected chi connectivity index (χ0v) is 17.2. The van der Waals surface area contributed by atoms with Crippen LogP contribution in [-0.2, 0) is 21.4 Å². The van der Waals surface area contributed by atoms with Crippen molar-refractivity contribution in [1.29, 1.82) is 5.26 Å². The van der Waals surface area contributed by atoms with E-state index in [0.29, 0.717) is 24.3 Å². The fourth-order valence-corrected chi connectivity index (χ4v) is 5.88. The zero-order valence-electron chi connectivity index (χ0n) is 17.2. The fourth-order valence-electron chi connectivity index (χ4n) is 5.88. The molecule has 6 nitrogen and oxygen atoms in total. The maximum Gasteiger partial charge on any atom is 0.282 e. The number of hydrogen-bond donors (Lipinski definition) is 1. The van der Waals surface area contributed by atoms with Gasteiger partial charge in [-0.3, -0.25) is 4.98 Å².